The Kier molecular flexibility index (Phi) is 4.76. The number of hydrogen-bond acceptors (Lipinski definition) is 2. The number of rotatable bonds is 3. The zero-order valence-electron chi connectivity index (χ0n) is 10.1. The van der Waals surface area contributed by atoms with Crippen molar-refractivity contribution in [3.63, 3.8) is 0 Å². The lowest BCUT2D eigenvalue weighted by atomic mass is 10.2. The Morgan fingerprint density at radius 2 is 1.65 bits per heavy atom. The molecule has 20 heavy (non-hydrogen) atoms. The summed E-state index contributed by atoms with van der Waals surface area (Å²) in [5.41, 5.74) is 0.487. The molecule has 0 atom stereocenters. The summed E-state index contributed by atoms with van der Waals surface area (Å²) < 4.78 is 24.2. The zero-order chi connectivity index (χ0) is 14.8. The van der Waals surface area contributed by atoms with Crippen LogP contribution in [0, 0.1) is 0 Å². The lowest BCUT2D eigenvalue weighted by Crippen LogP contribution is -2.00. The second-order valence-electron chi connectivity index (χ2n) is 3.93. The molecule has 0 unspecified atom stereocenters. The van der Waals surface area contributed by atoms with Crippen molar-refractivity contribution < 1.29 is 8.42 Å². The van der Waals surface area contributed by atoms with E-state index >= 15 is 0 Å². The van der Waals surface area contributed by atoms with Gasteiger partial charge in [-0.1, -0.05) is 59.1 Å². The van der Waals surface area contributed by atoms with Crippen molar-refractivity contribution in [3.05, 3.63) is 68.5 Å². The van der Waals surface area contributed by atoms with Crippen LogP contribution < -0.4 is 0 Å². The van der Waals surface area contributed by atoms with Crippen LogP contribution >= 0.6 is 34.8 Å². The molecule has 0 aliphatic rings. The van der Waals surface area contributed by atoms with Gasteiger partial charge in [0.15, 0.2) is 0 Å². The van der Waals surface area contributed by atoms with Gasteiger partial charge in [0.25, 0.3) is 0 Å². The van der Waals surface area contributed by atoms with Gasteiger partial charge >= 0.3 is 0 Å². The lowest BCUT2D eigenvalue weighted by Gasteiger charge is -2.04. The quantitative estimate of drug-likeness (QED) is 0.782. The van der Waals surface area contributed by atoms with E-state index in [9.17, 15) is 8.42 Å². The van der Waals surface area contributed by atoms with Crippen molar-refractivity contribution in [2.24, 2.45) is 0 Å². The topological polar surface area (TPSA) is 34.1 Å². The van der Waals surface area contributed by atoms with Crippen molar-refractivity contribution in [2.75, 3.05) is 0 Å². The van der Waals surface area contributed by atoms with Crippen LogP contribution in [0.25, 0.3) is 6.08 Å². The van der Waals surface area contributed by atoms with Crippen LogP contribution in [0.4, 0.5) is 0 Å². The maximum atomic E-state index is 12.2. The van der Waals surface area contributed by atoms with Gasteiger partial charge in [0.2, 0.25) is 9.84 Å². The highest BCUT2D eigenvalue weighted by Gasteiger charge is 2.18. The van der Waals surface area contributed by atoms with Gasteiger partial charge in [-0.3, -0.25) is 0 Å². The molecule has 2 aromatic carbocycles. The van der Waals surface area contributed by atoms with Crippen LogP contribution in [-0.2, 0) is 9.84 Å². The molecule has 6 heteroatoms. The highest BCUT2D eigenvalue weighted by Crippen LogP contribution is 2.28. The highest BCUT2D eigenvalue weighted by molar-refractivity contribution is 7.97. The molecule has 0 fully saturated rings. The SMILES string of the molecule is O=S(=O)(/C(Cl)=C\c1ccc(Cl)cc1Cl)c1ccccc1. The molecular formula is C14H9Cl3O2S. The van der Waals surface area contributed by atoms with Crippen LogP contribution in [0.1, 0.15) is 5.56 Å². The van der Waals surface area contributed by atoms with E-state index in [1.807, 2.05) is 0 Å². The van der Waals surface area contributed by atoms with Crippen molar-refractivity contribution in [3.8, 4) is 0 Å². The van der Waals surface area contributed by atoms with Crippen LogP contribution in [0.3, 0.4) is 0 Å². The predicted molar refractivity (Wildman–Crippen MR) is 83.9 cm³/mol. The third-order valence-electron chi connectivity index (χ3n) is 2.54. The molecule has 0 saturated heterocycles. The van der Waals surface area contributed by atoms with Crippen LogP contribution in [0.15, 0.2) is 57.8 Å². The maximum absolute atomic E-state index is 12.2. The van der Waals surface area contributed by atoms with E-state index in [-0.39, 0.29) is 9.26 Å². The summed E-state index contributed by atoms with van der Waals surface area (Å²) in [6.45, 7) is 0. The van der Waals surface area contributed by atoms with Gasteiger partial charge in [0.1, 0.15) is 4.36 Å². The second kappa shape index (κ2) is 6.19. The Bertz CT molecular complexity index is 753. The third-order valence-corrected chi connectivity index (χ3v) is 5.35. The monoisotopic (exact) mass is 346 g/mol. The molecule has 0 aliphatic heterocycles. The molecular weight excluding hydrogens is 339 g/mol. The van der Waals surface area contributed by atoms with E-state index in [1.165, 1.54) is 24.3 Å². The number of halogens is 3. The molecule has 2 aromatic rings. The molecule has 0 aliphatic carbocycles. The van der Waals surface area contributed by atoms with E-state index in [0.717, 1.165) is 0 Å². The van der Waals surface area contributed by atoms with Crippen LogP contribution in [-0.4, -0.2) is 8.42 Å². The van der Waals surface area contributed by atoms with Crippen molar-refractivity contribution in [1.29, 1.82) is 0 Å². The molecule has 0 heterocycles. The average Bonchev–Trinajstić information content (AvgIpc) is 2.42. The van der Waals surface area contributed by atoms with Crippen molar-refractivity contribution in [2.45, 2.75) is 4.90 Å². The van der Waals surface area contributed by atoms with Gasteiger partial charge in [-0.2, -0.15) is 0 Å². The minimum atomic E-state index is -3.73. The lowest BCUT2D eigenvalue weighted by molar-refractivity contribution is 0.604. The normalized spacial score (nSPS) is 12.4. The summed E-state index contributed by atoms with van der Waals surface area (Å²) in [5, 5.41) is 0.799. The number of sulfone groups is 1. The first-order valence-corrected chi connectivity index (χ1v) is 8.15. The van der Waals surface area contributed by atoms with Crippen molar-refractivity contribution >= 4 is 50.7 Å². The fourth-order valence-corrected chi connectivity index (χ4v) is 3.40. The number of benzene rings is 2. The summed E-state index contributed by atoms with van der Waals surface area (Å²) >= 11 is 17.7. The Balaban J connectivity index is 2.45. The van der Waals surface area contributed by atoms with Gasteiger partial charge in [-0.15, -0.1) is 0 Å². The molecule has 0 radical (unpaired) electrons. The smallest absolute Gasteiger partial charge is 0.217 e. The molecule has 2 rings (SSSR count). The average molecular weight is 348 g/mol. The minimum Gasteiger partial charge on any atom is -0.218 e. The molecule has 0 saturated carbocycles. The maximum Gasteiger partial charge on any atom is 0.217 e. The van der Waals surface area contributed by atoms with E-state index in [0.29, 0.717) is 15.6 Å². The molecule has 0 amide bonds. The molecule has 0 N–H and O–H groups in total. The van der Waals surface area contributed by atoms with Gasteiger partial charge in [0.05, 0.1) is 4.90 Å². The third kappa shape index (κ3) is 3.36. The molecule has 0 spiro atoms. The summed E-state index contributed by atoms with van der Waals surface area (Å²) in [6, 6.07) is 12.7. The van der Waals surface area contributed by atoms with E-state index < -0.39 is 9.84 Å². The Hall–Kier alpha value is -1.00. The van der Waals surface area contributed by atoms with E-state index in [4.69, 9.17) is 34.8 Å². The summed E-state index contributed by atoms with van der Waals surface area (Å²) in [5.74, 6) is 0. The number of hydrogen-bond donors (Lipinski definition) is 0. The second-order valence-corrected chi connectivity index (χ2v) is 7.32. The summed E-state index contributed by atoms with van der Waals surface area (Å²) in [6.07, 6.45) is 1.31. The molecule has 0 bridgehead atoms. The first-order chi connectivity index (χ1) is 9.41. The zero-order valence-corrected chi connectivity index (χ0v) is 13.1. The van der Waals surface area contributed by atoms with Gasteiger partial charge in [-0.05, 0) is 35.9 Å². The minimum absolute atomic E-state index is 0.131. The Morgan fingerprint density at radius 3 is 2.25 bits per heavy atom. The van der Waals surface area contributed by atoms with E-state index in [2.05, 4.69) is 0 Å². The standard InChI is InChI=1S/C14H9Cl3O2S/c15-11-7-6-10(13(16)9-11)8-14(17)20(18,19)12-4-2-1-3-5-12/h1-9H/b14-8-. The fourth-order valence-electron chi connectivity index (χ4n) is 1.53. The largest absolute Gasteiger partial charge is 0.218 e. The van der Waals surface area contributed by atoms with Gasteiger partial charge < -0.3 is 0 Å². The van der Waals surface area contributed by atoms with Crippen LogP contribution in [0.2, 0.25) is 10.0 Å². The first kappa shape index (κ1) is 15.4. The molecule has 0 aromatic heterocycles. The van der Waals surface area contributed by atoms with E-state index in [1.54, 1.807) is 30.3 Å². The Labute approximate surface area is 132 Å². The summed E-state index contributed by atoms with van der Waals surface area (Å²) in [7, 11) is -3.73. The van der Waals surface area contributed by atoms with Crippen LogP contribution in [0.5, 0.6) is 0 Å². The predicted octanol–water partition coefficient (Wildman–Crippen LogP) is 5.00. The van der Waals surface area contributed by atoms with Gasteiger partial charge in [-0.25, -0.2) is 8.42 Å². The van der Waals surface area contributed by atoms with Gasteiger partial charge in [0, 0.05) is 10.0 Å². The van der Waals surface area contributed by atoms with Crippen molar-refractivity contribution in [1.82, 2.24) is 0 Å². The fraction of sp³-hybridized carbons (Fsp3) is 0. The summed E-state index contributed by atoms with van der Waals surface area (Å²) in [4.78, 5) is 0.131. The Morgan fingerprint density at radius 1 is 1.00 bits per heavy atom. The molecule has 2 nitrogen and oxygen atoms in total. The molecule has 104 valence electrons. The highest BCUT2D eigenvalue weighted by atomic mass is 35.5. The first-order valence-electron chi connectivity index (χ1n) is 5.53.